The molecule has 1 heterocycles. The molecule has 0 saturated heterocycles. The number of carbonyl (C=O) groups excluding carboxylic acids is 1. The van der Waals surface area contributed by atoms with Gasteiger partial charge in [-0.25, -0.2) is 13.6 Å². The predicted octanol–water partition coefficient (Wildman–Crippen LogP) is 1.15. The maximum atomic E-state index is 12.0. The minimum atomic E-state index is -3.81. The average molecular weight is 299 g/mol. The molecule has 7 heteroatoms. The molecule has 1 atom stereocenters. The molecule has 1 aromatic carbocycles. The van der Waals surface area contributed by atoms with E-state index in [0.717, 1.165) is 6.42 Å². The number of carbonyl (C=O) groups is 1. The molecule has 1 aliphatic heterocycles. The Balaban J connectivity index is 2.35. The molecule has 6 nitrogen and oxygen atoms in total. The number of hydrogen-bond donors (Lipinski definition) is 1. The summed E-state index contributed by atoms with van der Waals surface area (Å²) in [5, 5.41) is 5.11. The Morgan fingerprint density at radius 2 is 2.25 bits per heavy atom. The van der Waals surface area contributed by atoms with E-state index in [2.05, 4.69) is 0 Å². The molecule has 0 fully saturated rings. The molecular weight excluding hydrogens is 282 g/mol. The van der Waals surface area contributed by atoms with Gasteiger partial charge in [0.1, 0.15) is 5.75 Å². The summed E-state index contributed by atoms with van der Waals surface area (Å²) in [5.41, 5.74) is 0.517. The zero-order valence-corrected chi connectivity index (χ0v) is 12.0. The highest BCUT2D eigenvalue weighted by Crippen LogP contribution is 2.35. The molecule has 2 rings (SSSR count). The van der Waals surface area contributed by atoms with E-state index in [1.165, 1.54) is 18.2 Å². The van der Waals surface area contributed by atoms with Crippen molar-refractivity contribution in [3.63, 3.8) is 0 Å². The first-order valence-electron chi connectivity index (χ1n) is 6.39. The molecule has 110 valence electrons. The molecular formula is C13H17NO5S. The number of hydrogen-bond acceptors (Lipinski definition) is 5. The third-order valence-electron chi connectivity index (χ3n) is 3.08. The lowest BCUT2D eigenvalue weighted by Gasteiger charge is -2.24. The standard InChI is InChI=1S/C13H17NO5S/c1-2-6-19-13(15)10-5-7-18-12-4-3-9(8-11(10)12)20(14,16)17/h3-4,8,10H,2,5-7H2,1H3,(H2,14,16,17). The third kappa shape index (κ3) is 3.10. The van der Waals surface area contributed by atoms with Crippen LogP contribution in [0.3, 0.4) is 0 Å². The summed E-state index contributed by atoms with van der Waals surface area (Å²) in [5.74, 6) is -0.364. The van der Waals surface area contributed by atoms with Crippen LogP contribution >= 0.6 is 0 Å². The second-order valence-corrected chi connectivity index (χ2v) is 6.16. The highest BCUT2D eigenvalue weighted by Gasteiger charge is 2.30. The number of benzene rings is 1. The van der Waals surface area contributed by atoms with Gasteiger partial charge in [-0.3, -0.25) is 4.79 Å². The summed E-state index contributed by atoms with van der Waals surface area (Å²) in [4.78, 5) is 12.0. The minimum absolute atomic E-state index is 0.0324. The maximum absolute atomic E-state index is 12.0. The average Bonchev–Trinajstić information content (AvgIpc) is 2.42. The van der Waals surface area contributed by atoms with E-state index in [1.54, 1.807) is 0 Å². The lowest BCUT2D eigenvalue weighted by Crippen LogP contribution is -2.24. The monoisotopic (exact) mass is 299 g/mol. The Labute approximate surface area is 117 Å². The number of esters is 1. The van der Waals surface area contributed by atoms with Gasteiger partial charge in [0.2, 0.25) is 10.0 Å². The first-order valence-corrected chi connectivity index (χ1v) is 7.94. The molecule has 1 unspecified atom stereocenters. The largest absolute Gasteiger partial charge is 0.493 e. The molecule has 1 aliphatic rings. The van der Waals surface area contributed by atoms with Crippen molar-refractivity contribution in [1.29, 1.82) is 0 Å². The number of rotatable bonds is 4. The van der Waals surface area contributed by atoms with Gasteiger partial charge in [-0.05, 0) is 31.0 Å². The lowest BCUT2D eigenvalue weighted by molar-refractivity contribution is -0.146. The predicted molar refractivity (Wildman–Crippen MR) is 71.9 cm³/mol. The third-order valence-corrected chi connectivity index (χ3v) is 3.99. The molecule has 0 aliphatic carbocycles. The quantitative estimate of drug-likeness (QED) is 0.841. The number of fused-ring (bicyclic) bond motifs is 1. The minimum Gasteiger partial charge on any atom is -0.493 e. The molecule has 0 aromatic heterocycles. The number of primary sulfonamides is 1. The van der Waals surface area contributed by atoms with Crippen molar-refractivity contribution in [1.82, 2.24) is 0 Å². The lowest BCUT2D eigenvalue weighted by atomic mass is 9.93. The second-order valence-electron chi connectivity index (χ2n) is 4.60. The van der Waals surface area contributed by atoms with Crippen LogP contribution < -0.4 is 9.88 Å². The van der Waals surface area contributed by atoms with E-state index >= 15 is 0 Å². The molecule has 0 saturated carbocycles. The molecule has 20 heavy (non-hydrogen) atoms. The van der Waals surface area contributed by atoms with Crippen molar-refractivity contribution in [3.05, 3.63) is 23.8 Å². The van der Waals surface area contributed by atoms with E-state index < -0.39 is 15.9 Å². The van der Waals surface area contributed by atoms with Crippen LogP contribution in [0, 0.1) is 0 Å². The van der Waals surface area contributed by atoms with Crippen molar-refractivity contribution in [2.45, 2.75) is 30.6 Å². The van der Waals surface area contributed by atoms with Crippen LogP contribution in [0.25, 0.3) is 0 Å². The highest BCUT2D eigenvalue weighted by atomic mass is 32.2. The molecule has 0 radical (unpaired) electrons. The number of nitrogens with two attached hydrogens (primary N) is 1. The van der Waals surface area contributed by atoms with Crippen molar-refractivity contribution in [2.75, 3.05) is 13.2 Å². The fourth-order valence-corrected chi connectivity index (χ4v) is 2.65. The highest BCUT2D eigenvalue weighted by molar-refractivity contribution is 7.89. The second kappa shape index (κ2) is 5.80. The van der Waals surface area contributed by atoms with Crippen molar-refractivity contribution in [2.24, 2.45) is 5.14 Å². The Morgan fingerprint density at radius 1 is 1.50 bits per heavy atom. The summed E-state index contributed by atoms with van der Waals surface area (Å²) in [7, 11) is -3.81. The van der Waals surface area contributed by atoms with Crippen LogP contribution in [-0.4, -0.2) is 27.6 Å². The van der Waals surface area contributed by atoms with Crippen LogP contribution in [0.2, 0.25) is 0 Å². The summed E-state index contributed by atoms with van der Waals surface area (Å²) < 4.78 is 33.3. The van der Waals surface area contributed by atoms with Crippen LogP contribution in [0.4, 0.5) is 0 Å². The van der Waals surface area contributed by atoms with Gasteiger partial charge in [-0.2, -0.15) is 0 Å². The van der Waals surface area contributed by atoms with Crippen LogP contribution in [0.1, 0.15) is 31.2 Å². The Morgan fingerprint density at radius 3 is 2.90 bits per heavy atom. The van der Waals surface area contributed by atoms with Gasteiger partial charge in [-0.1, -0.05) is 6.92 Å². The van der Waals surface area contributed by atoms with E-state index in [0.29, 0.717) is 30.9 Å². The topological polar surface area (TPSA) is 95.7 Å². The Hall–Kier alpha value is -1.60. The van der Waals surface area contributed by atoms with E-state index in [-0.39, 0.29) is 10.9 Å². The summed E-state index contributed by atoms with van der Waals surface area (Å²) >= 11 is 0. The van der Waals surface area contributed by atoms with Crippen molar-refractivity contribution in [3.8, 4) is 5.75 Å². The van der Waals surface area contributed by atoms with Crippen LogP contribution in [-0.2, 0) is 19.6 Å². The molecule has 1 aromatic rings. The molecule has 0 bridgehead atoms. The first-order chi connectivity index (χ1) is 9.43. The van der Waals surface area contributed by atoms with Crippen molar-refractivity contribution >= 4 is 16.0 Å². The fraction of sp³-hybridized carbons (Fsp3) is 0.462. The fourth-order valence-electron chi connectivity index (χ4n) is 2.10. The van der Waals surface area contributed by atoms with Crippen LogP contribution in [0.5, 0.6) is 5.75 Å². The van der Waals surface area contributed by atoms with Gasteiger partial charge in [0, 0.05) is 5.56 Å². The number of ether oxygens (including phenoxy) is 2. The van der Waals surface area contributed by atoms with Gasteiger partial charge < -0.3 is 9.47 Å². The SMILES string of the molecule is CCCOC(=O)C1CCOc2ccc(S(N)(=O)=O)cc21. The van der Waals surface area contributed by atoms with Gasteiger partial charge in [0.05, 0.1) is 24.0 Å². The summed E-state index contributed by atoms with van der Waals surface area (Å²) in [6, 6.07) is 4.28. The maximum Gasteiger partial charge on any atom is 0.313 e. The Bertz CT molecular complexity index is 611. The molecule has 2 N–H and O–H groups in total. The van der Waals surface area contributed by atoms with E-state index in [1.807, 2.05) is 6.92 Å². The number of sulfonamides is 1. The molecule has 0 amide bonds. The van der Waals surface area contributed by atoms with Gasteiger partial charge >= 0.3 is 5.97 Å². The van der Waals surface area contributed by atoms with E-state index in [4.69, 9.17) is 14.6 Å². The molecule has 0 spiro atoms. The van der Waals surface area contributed by atoms with Gasteiger partial charge in [0.15, 0.2) is 0 Å². The smallest absolute Gasteiger partial charge is 0.313 e. The normalized spacial score (nSPS) is 18.0. The van der Waals surface area contributed by atoms with Gasteiger partial charge in [0.25, 0.3) is 0 Å². The summed E-state index contributed by atoms with van der Waals surface area (Å²) in [6.07, 6.45) is 1.20. The summed E-state index contributed by atoms with van der Waals surface area (Å²) in [6.45, 7) is 2.65. The zero-order valence-electron chi connectivity index (χ0n) is 11.2. The zero-order chi connectivity index (χ0) is 14.8. The van der Waals surface area contributed by atoms with Crippen LogP contribution in [0.15, 0.2) is 23.1 Å². The first kappa shape index (κ1) is 14.8. The Kier molecular flexibility index (Phi) is 4.29. The van der Waals surface area contributed by atoms with E-state index in [9.17, 15) is 13.2 Å². The van der Waals surface area contributed by atoms with Gasteiger partial charge in [-0.15, -0.1) is 0 Å². The van der Waals surface area contributed by atoms with Crippen molar-refractivity contribution < 1.29 is 22.7 Å².